The van der Waals surface area contributed by atoms with Crippen LogP contribution in [0.15, 0.2) is 24.3 Å². The number of nitrogens with one attached hydrogen (secondary N) is 1. The van der Waals surface area contributed by atoms with E-state index in [0.717, 1.165) is 6.07 Å². The van der Waals surface area contributed by atoms with Gasteiger partial charge in [0, 0.05) is 11.6 Å². The second-order valence-corrected chi connectivity index (χ2v) is 6.11. The standard InChI is InChI=1S/C19H19F3N4O2/c1-9(11-6-5-7-12(15(11)20)16(21)22)23-17-13-8-14(27-3)19(28-4)26-18(13)25-10(2)24-17/h5-9,16H,1-4H3,(H,23,24,25,26). The van der Waals surface area contributed by atoms with E-state index in [2.05, 4.69) is 20.3 Å². The lowest BCUT2D eigenvalue weighted by Crippen LogP contribution is -2.12. The number of hydrogen-bond donors (Lipinski definition) is 1. The van der Waals surface area contributed by atoms with Crippen molar-refractivity contribution in [3.05, 3.63) is 47.0 Å². The molecular weight excluding hydrogens is 373 g/mol. The lowest BCUT2D eigenvalue weighted by atomic mass is 10.0. The van der Waals surface area contributed by atoms with Gasteiger partial charge in [-0.15, -0.1) is 0 Å². The Morgan fingerprint density at radius 3 is 2.39 bits per heavy atom. The van der Waals surface area contributed by atoms with Crippen molar-refractivity contribution in [2.45, 2.75) is 26.3 Å². The lowest BCUT2D eigenvalue weighted by Gasteiger charge is -2.19. The van der Waals surface area contributed by atoms with E-state index in [1.165, 1.54) is 26.4 Å². The predicted molar refractivity (Wildman–Crippen MR) is 98.6 cm³/mol. The van der Waals surface area contributed by atoms with Gasteiger partial charge in [0.2, 0.25) is 0 Å². The first-order valence-electron chi connectivity index (χ1n) is 8.46. The molecule has 6 nitrogen and oxygen atoms in total. The molecule has 3 rings (SSSR count). The van der Waals surface area contributed by atoms with E-state index in [1.807, 2.05) is 0 Å². The molecule has 28 heavy (non-hydrogen) atoms. The number of hydrogen-bond acceptors (Lipinski definition) is 6. The maximum absolute atomic E-state index is 14.5. The third-order valence-corrected chi connectivity index (χ3v) is 4.26. The summed E-state index contributed by atoms with van der Waals surface area (Å²) in [6, 6.07) is 4.95. The Morgan fingerprint density at radius 2 is 1.75 bits per heavy atom. The van der Waals surface area contributed by atoms with Crippen LogP contribution in [0.3, 0.4) is 0 Å². The number of rotatable bonds is 6. The van der Waals surface area contributed by atoms with Crippen molar-refractivity contribution in [2.24, 2.45) is 0 Å². The molecule has 1 aromatic carbocycles. The number of fused-ring (bicyclic) bond motifs is 1. The van der Waals surface area contributed by atoms with E-state index in [4.69, 9.17) is 9.47 Å². The molecule has 0 fully saturated rings. The smallest absolute Gasteiger partial charge is 0.266 e. The van der Waals surface area contributed by atoms with Crippen molar-refractivity contribution in [3.63, 3.8) is 0 Å². The summed E-state index contributed by atoms with van der Waals surface area (Å²) >= 11 is 0. The van der Waals surface area contributed by atoms with Crippen molar-refractivity contribution >= 4 is 16.9 Å². The number of methoxy groups -OCH3 is 2. The molecule has 0 bridgehead atoms. The molecule has 1 N–H and O–H groups in total. The second-order valence-electron chi connectivity index (χ2n) is 6.11. The average Bonchev–Trinajstić information content (AvgIpc) is 2.66. The molecule has 148 valence electrons. The molecule has 0 saturated carbocycles. The summed E-state index contributed by atoms with van der Waals surface area (Å²) in [6.07, 6.45) is -2.89. The molecule has 0 aliphatic rings. The highest BCUT2D eigenvalue weighted by atomic mass is 19.3. The quantitative estimate of drug-likeness (QED) is 0.661. The maximum Gasteiger partial charge on any atom is 0.266 e. The minimum atomic E-state index is -2.89. The van der Waals surface area contributed by atoms with Crippen molar-refractivity contribution in [1.29, 1.82) is 0 Å². The highest BCUT2D eigenvalue weighted by molar-refractivity contribution is 5.88. The number of ether oxygens (including phenoxy) is 2. The van der Waals surface area contributed by atoms with E-state index in [9.17, 15) is 13.2 Å². The molecule has 0 aliphatic carbocycles. The van der Waals surface area contributed by atoms with Crippen LogP contribution in [0.5, 0.6) is 11.6 Å². The maximum atomic E-state index is 14.5. The van der Waals surface area contributed by atoms with E-state index in [0.29, 0.717) is 28.4 Å². The van der Waals surface area contributed by atoms with Crippen LogP contribution >= 0.6 is 0 Å². The topological polar surface area (TPSA) is 69.2 Å². The number of anilines is 1. The van der Waals surface area contributed by atoms with E-state index >= 15 is 0 Å². The summed E-state index contributed by atoms with van der Waals surface area (Å²) < 4.78 is 50.9. The number of benzene rings is 1. The minimum absolute atomic E-state index is 0.107. The highest BCUT2D eigenvalue weighted by Gasteiger charge is 2.21. The van der Waals surface area contributed by atoms with Gasteiger partial charge in [-0.05, 0) is 13.8 Å². The van der Waals surface area contributed by atoms with E-state index in [1.54, 1.807) is 19.9 Å². The number of aryl methyl sites for hydroxylation is 1. The molecule has 3 aromatic rings. The zero-order chi connectivity index (χ0) is 20.4. The molecule has 0 spiro atoms. The highest BCUT2D eigenvalue weighted by Crippen LogP contribution is 2.33. The molecular formula is C19H19F3N4O2. The average molecular weight is 392 g/mol. The Bertz CT molecular complexity index is 1010. The Balaban J connectivity index is 2.06. The molecule has 0 radical (unpaired) electrons. The second kappa shape index (κ2) is 7.87. The predicted octanol–water partition coefficient (Wildman–Crippen LogP) is 4.60. The fourth-order valence-corrected chi connectivity index (χ4v) is 2.89. The van der Waals surface area contributed by atoms with Gasteiger partial charge in [0.25, 0.3) is 12.3 Å². The van der Waals surface area contributed by atoms with Gasteiger partial charge in [0.1, 0.15) is 17.5 Å². The van der Waals surface area contributed by atoms with Crippen LogP contribution in [0.2, 0.25) is 0 Å². The molecule has 2 heterocycles. The Morgan fingerprint density at radius 1 is 1.04 bits per heavy atom. The van der Waals surface area contributed by atoms with Gasteiger partial charge in [-0.2, -0.15) is 4.98 Å². The molecule has 2 aromatic heterocycles. The normalized spacial score (nSPS) is 12.3. The Labute approximate surface area is 159 Å². The molecule has 1 atom stereocenters. The van der Waals surface area contributed by atoms with Crippen molar-refractivity contribution in [3.8, 4) is 11.6 Å². The van der Waals surface area contributed by atoms with Crippen molar-refractivity contribution < 1.29 is 22.6 Å². The fraction of sp³-hybridized carbons (Fsp3) is 0.316. The molecule has 0 saturated heterocycles. The van der Waals surface area contributed by atoms with Crippen LogP contribution in [0.1, 0.15) is 36.3 Å². The van der Waals surface area contributed by atoms with Gasteiger partial charge in [-0.1, -0.05) is 18.2 Å². The number of nitrogens with zero attached hydrogens (tertiary/aromatic N) is 3. The summed E-state index contributed by atoms with van der Waals surface area (Å²) in [6.45, 7) is 3.34. The monoisotopic (exact) mass is 392 g/mol. The SMILES string of the molecule is COc1cc2c(NC(C)c3cccc(C(F)F)c3F)nc(C)nc2nc1OC. The summed E-state index contributed by atoms with van der Waals surface area (Å²) in [5, 5.41) is 3.59. The van der Waals surface area contributed by atoms with Crippen LogP contribution in [-0.4, -0.2) is 29.2 Å². The first-order valence-corrected chi connectivity index (χ1v) is 8.46. The lowest BCUT2D eigenvalue weighted by molar-refractivity contribution is 0.146. The van der Waals surface area contributed by atoms with Crippen LogP contribution in [-0.2, 0) is 0 Å². The summed E-state index contributed by atoms with van der Waals surface area (Å²) in [7, 11) is 2.94. The van der Waals surface area contributed by atoms with Crippen LogP contribution in [0.25, 0.3) is 11.0 Å². The molecule has 9 heteroatoms. The van der Waals surface area contributed by atoms with Gasteiger partial charge in [-0.25, -0.2) is 23.1 Å². The molecule has 0 amide bonds. The van der Waals surface area contributed by atoms with E-state index < -0.39 is 23.8 Å². The first kappa shape index (κ1) is 19.7. The van der Waals surface area contributed by atoms with Gasteiger partial charge in [-0.3, -0.25) is 0 Å². The fourth-order valence-electron chi connectivity index (χ4n) is 2.89. The first-order chi connectivity index (χ1) is 13.3. The third kappa shape index (κ3) is 3.64. The summed E-state index contributed by atoms with van der Waals surface area (Å²) in [4.78, 5) is 12.9. The Kier molecular flexibility index (Phi) is 5.53. The van der Waals surface area contributed by atoms with Crippen LogP contribution in [0.4, 0.5) is 19.0 Å². The van der Waals surface area contributed by atoms with Gasteiger partial charge in [0.15, 0.2) is 11.4 Å². The van der Waals surface area contributed by atoms with Crippen LogP contribution in [0, 0.1) is 12.7 Å². The zero-order valence-electron chi connectivity index (χ0n) is 15.8. The summed E-state index contributed by atoms with van der Waals surface area (Å²) in [5.74, 6) is 0.519. The number of aromatic nitrogens is 3. The molecule has 1 unspecified atom stereocenters. The molecule has 0 aliphatic heterocycles. The minimum Gasteiger partial charge on any atom is -0.491 e. The zero-order valence-corrected chi connectivity index (χ0v) is 15.8. The van der Waals surface area contributed by atoms with Crippen LogP contribution < -0.4 is 14.8 Å². The van der Waals surface area contributed by atoms with Gasteiger partial charge < -0.3 is 14.8 Å². The number of halogens is 3. The number of pyridine rings is 1. The van der Waals surface area contributed by atoms with Gasteiger partial charge in [0.05, 0.1) is 31.2 Å². The van der Waals surface area contributed by atoms with Crippen molar-refractivity contribution in [1.82, 2.24) is 15.0 Å². The Hall–Kier alpha value is -3.10. The van der Waals surface area contributed by atoms with E-state index in [-0.39, 0.29) is 11.4 Å². The van der Waals surface area contributed by atoms with Gasteiger partial charge >= 0.3 is 0 Å². The summed E-state index contributed by atoms with van der Waals surface area (Å²) in [5.41, 5.74) is -0.166. The number of alkyl halides is 2. The third-order valence-electron chi connectivity index (χ3n) is 4.26. The largest absolute Gasteiger partial charge is 0.491 e. The van der Waals surface area contributed by atoms with Crippen molar-refractivity contribution in [2.75, 3.05) is 19.5 Å².